The second-order valence-corrected chi connectivity index (χ2v) is 4.70. The van der Waals surface area contributed by atoms with Crippen molar-refractivity contribution in [1.82, 2.24) is 4.98 Å². The molecule has 1 aromatic carbocycles. The van der Waals surface area contributed by atoms with E-state index >= 15 is 0 Å². The van der Waals surface area contributed by atoms with Gasteiger partial charge in [0.15, 0.2) is 5.69 Å². The summed E-state index contributed by atoms with van der Waals surface area (Å²) in [7, 11) is 0. The van der Waals surface area contributed by atoms with Crippen molar-refractivity contribution < 1.29 is 14.3 Å². The van der Waals surface area contributed by atoms with Crippen LogP contribution in [0.1, 0.15) is 10.5 Å². The van der Waals surface area contributed by atoms with Crippen LogP contribution in [-0.4, -0.2) is 16.1 Å². The summed E-state index contributed by atoms with van der Waals surface area (Å²) in [5.41, 5.74) is 10.8. The first kappa shape index (κ1) is 14.4. The monoisotopic (exact) mass is 315 g/mol. The minimum Gasteiger partial charge on any atom is -0.476 e. The third kappa shape index (κ3) is 2.48. The topological polar surface area (TPSA) is 102 Å². The maximum atomic E-state index is 13.9. The Morgan fingerprint density at radius 1 is 1.20 bits per heavy atom. The first-order valence-electron chi connectivity index (χ1n) is 5.25. The number of benzene rings is 1. The van der Waals surface area contributed by atoms with Crippen LogP contribution in [0, 0.1) is 5.82 Å². The number of pyridine rings is 1. The van der Waals surface area contributed by atoms with E-state index < -0.39 is 17.5 Å². The number of nitrogens with two attached hydrogens (primary N) is 2. The van der Waals surface area contributed by atoms with Crippen LogP contribution in [0.3, 0.4) is 0 Å². The highest BCUT2D eigenvalue weighted by atomic mass is 35.5. The normalized spacial score (nSPS) is 10.6. The summed E-state index contributed by atoms with van der Waals surface area (Å²) in [6, 6.07) is 3.53. The van der Waals surface area contributed by atoms with Gasteiger partial charge in [-0.1, -0.05) is 23.2 Å². The van der Waals surface area contributed by atoms with Crippen LogP contribution in [0.5, 0.6) is 0 Å². The molecule has 104 valence electrons. The van der Waals surface area contributed by atoms with Crippen LogP contribution >= 0.6 is 23.2 Å². The molecular weight excluding hydrogens is 308 g/mol. The van der Waals surface area contributed by atoms with Crippen molar-refractivity contribution >= 4 is 40.5 Å². The number of anilines is 2. The van der Waals surface area contributed by atoms with Gasteiger partial charge in [-0.25, -0.2) is 14.2 Å². The Morgan fingerprint density at radius 2 is 1.85 bits per heavy atom. The molecule has 0 saturated heterocycles. The number of halogens is 3. The SMILES string of the molecule is Nc1cc(-c2cc(N)c(Cl)c(C(=O)O)n2)c(F)cc1Cl. The van der Waals surface area contributed by atoms with Gasteiger partial charge < -0.3 is 16.6 Å². The van der Waals surface area contributed by atoms with Gasteiger partial charge in [0, 0.05) is 5.56 Å². The van der Waals surface area contributed by atoms with Crippen molar-refractivity contribution in [3.05, 3.63) is 39.8 Å². The van der Waals surface area contributed by atoms with Gasteiger partial charge in [0.05, 0.1) is 27.1 Å². The quantitative estimate of drug-likeness (QED) is 0.739. The van der Waals surface area contributed by atoms with Crippen LogP contribution < -0.4 is 11.5 Å². The zero-order chi connectivity index (χ0) is 15.0. The molecule has 0 amide bonds. The van der Waals surface area contributed by atoms with E-state index in [1.165, 1.54) is 12.1 Å². The number of hydrogen-bond acceptors (Lipinski definition) is 4. The zero-order valence-electron chi connectivity index (χ0n) is 9.82. The summed E-state index contributed by atoms with van der Waals surface area (Å²) in [4.78, 5) is 14.8. The number of hydrogen-bond donors (Lipinski definition) is 3. The summed E-state index contributed by atoms with van der Waals surface area (Å²) in [6.07, 6.45) is 0. The minimum atomic E-state index is -1.37. The van der Waals surface area contributed by atoms with E-state index in [2.05, 4.69) is 4.98 Å². The van der Waals surface area contributed by atoms with E-state index in [9.17, 15) is 9.18 Å². The molecule has 0 aliphatic rings. The highest BCUT2D eigenvalue weighted by Crippen LogP contribution is 2.32. The van der Waals surface area contributed by atoms with Crippen molar-refractivity contribution in [1.29, 1.82) is 0 Å². The lowest BCUT2D eigenvalue weighted by molar-refractivity contribution is 0.0691. The molecule has 8 heteroatoms. The Kier molecular flexibility index (Phi) is 3.69. The van der Waals surface area contributed by atoms with Crippen LogP contribution in [0.4, 0.5) is 15.8 Å². The average molecular weight is 316 g/mol. The number of rotatable bonds is 2. The minimum absolute atomic E-state index is 0.00478. The fraction of sp³-hybridized carbons (Fsp3) is 0. The Hall–Kier alpha value is -2.05. The molecule has 1 aromatic heterocycles. The molecule has 0 bridgehead atoms. The summed E-state index contributed by atoms with van der Waals surface area (Å²) < 4.78 is 13.9. The van der Waals surface area contributed by atoms with Crippen LogP contribution in [-0.2, 0) is 0 Å². The number of nitrogen functional groups attached to an aromatic ring is 2. The number of carboxylic acid groups (broad SMARTS) is 1. The Morgan fingerprint density at radius 3 is 2.45 bits per heavy atom. The van der Waals surface area contributed by atoms with Gasteiger partial charge in [0.2, 0.25) is 0 Å². The Balaban J connectivity index is 2.71. The molecule has 0 aliphatic carbocycles. The fourth-order valence-corrected chi connectivity index (χ4v) is 1.92. The lowest BCUT2D eigenvalue weighted by atomic mass is 10.1. The molecule has 20 heavy (non-hydrogen) atoms. The van der Waals surface area contributed by atoms with Crippen molar-refractivity contribution in [3.63, 3.8) is 0 Å². The van der Waals surface area contributed by atoms with E-state index in [0.29, 0.717) is 0 Å². The lowest BCUT2D eigenvalue weighted by Gasteiger charge is -2.09. The fourth-order valence-electron chi connectivity index (χ4n) is 1.59. The summed E-state index contributed by atoms with van der Waals surface area (Å²) in [5, 5.41) is 8.83. The Bertz CT molecular complexity index is 722. The average Bonchev–Trinajstić information content (AvgIpc) is 2.36. The van der Waals surface area contributed by atoms with Gasteiger partial charge in [0.25, 0.3) is 0 Å². The van der Waals surface area contributed by atoms with Gasteiger partial charge in [-0.3, -0.25) is 0 Å². The molecule has 0 atom stereocenters. The molecule has 0 unspecified atom stereocenters. The number of carbonyl (C=O) groups is 1. The third-order valence-corrected chi connectivity index (χ3v) is 3.28. The smallest absolute Gasteiger partial charge is 0.356 e. The van der Waals surface area contributed by atoms with Crippen LogP contribution in [0.15, 0.2) is 18.2 Å². The van der Waals surface area contributed by atoms with E-state index in [-0.39, 0.29) is 32.7 Å². The maximum Gasteiger partial charge on any atom is 0.356 e. The van der Waals surface area contributed by atoms with Crippen LogP contribution in [0.25, 0.3) is 11.3 Å². The van der Waals surface area contributed by atoms with E-state index in [1.54, 1.807) is 0 Å². The molecule has 0 fully saturated rings. The standard InChI is InChI=1S/C12H8Cl2FN3O2/c13-5-2-6(15)4(1-7(5)16)9-3-8(17)10(14)11(18-9)12(19)20/h1-3H,16H2,(H2,17,18)(H,19,20). The molecular formula is C12H8Cl2FN3O2. The molecule has 0 aliphatic heterocycles. The van der Waals surface area contributed by atoms with E-state index in [1.807, 2.05) is 0 Å². The summed E-state index contributed by atoms with van der Waals surface area (Å²) >= 11 is 11.4. The van der Waals surface area contributed by atoms with Crippen LogP contribution in [0.2, 0.25) is 10.0 Å². The van der Waals surface area contributed by atoms with Gasteiger partial charge in [-0.15, -0.1) is 0 Å². The van der Waals surface area contributed by atoms with E-state index in [4.69, 9.17) is 39.8 Å². The van der Waals surface area contributed by atoms with Crippen molar-refractivity contribution in [2.45, 2.75) is 0 Å². The third-order valence-electron chi connectivity index (χ3n) is 2.55. The van der Waals surface area contributed by atoms with Gasteiger partial charge in [-0.05, 0) is 18.2 Å². The predicted molar refractivity (Wildman–Crippen MR) is 75.4 cm³/mol. The maximum absolute atomic E-state index is 13.9. The highest BCUT2D eigenvalue weighted by molar-refractivity contribution is 6.35. The van der Waals surface area contributed by atoms with Crippen molar-refractivity contribution in [2.75, 3.05) is 11.5 Å². The number of aromatic nitrogens is 1. The first-order chi connectivity index (χ1) is 9.31. The van der Waals surface area contributed by atoms with Crippen molar-refractivity contribution in [3.8, 4) is 11.3 Å². The molecule has 1 heterocycles. The molecule has 0 radical (unpaired) electrons. The second kappa shape index (κ2) is 5.15. The summed E-state index contributed by atoms with van der Waals surface area (Å²) in [6.45, 7) is 0. The molecule has 5 N–H and O–H groups in total. The van der Waals surface area contributed by atoms with Crippen molar-refractivity contribution in [2.24, 2.45) is 0 Å². The molecule has 5 nitrogen and oxygen atoms in total. The molecule has 2 rings (SSSR count). The number of nitrogens with zero attached hydrogens (tertiary/aromatic N) is 1. The Labute approximate surface area is 122 Å². The predicted octanol–water partition coefficient (Wildman–Crippen LogP) is 3.06. The largest absolute Gasteiger partial charge is 0.476 e. The highest BCUT2D eigenvalue weighted by Gasteiger charge is 2.18. The molecule has 0 saturated carbocycles. The number of aromatic carboxylic acids is 1. The second-order valence-electron chi connectivity index (χ2n) is 3.92. The van der Waals surface area contributed by atoms with Gasteiger partial charge in [0.1, 0.15) is 5.82 Å². The van der Waals surface area contributed by atoms with Gasteiger partial charge in [-0.2, -0.15) is 0 Å². The molecule has 0 spiro atoms. The zero-order valence-corrected chi connectivity index (χ0v) is 11.3. The first-order valence-corrected chi connectivity index (χ1v) is 6.01. The van der Waals surface area contributed by atoms with E-state index in [0.717, 1.165) is 6.07 Å². The number of carboxylic acids is 1. The van der Waals surface area contributed by atoms with Gasteiger partial charge >= 0.3 is 5.97 Å². The lowest BCUT2D eigenvalue weighted by Crippen LogP contribution is -2.06. The molecule has 2 aromatic rings. The summed E-state index contributed by atoms with van der Waals surface area (Å²) in [5.74, 6) is -2.07.